The van der Waals surface area contributed by atoms with E-state index in [1.54, 1.807) is 6.07 Å². The third kappa shape index (κ3) is 2.66. The first-order valence-corrected chi connectivity index (χ1v) is 5.34. The van der Waals surface area contributed by atoms with Crippen molar-refractivity contribution in [3.05, 3.63) is 59.9 Å². The lowest BCUT2D eigenvalue weighted by molar-refractivity contribution is 0.0599. The average Bonchev–Trinajstić information content (AvgIpc) is 2.89. The van der Waals surface area contributed by atoms with Crippen molar-refractivity contribution >= 4 is 5.97 Å². The summed E-state index contributed by atoms with van der Waals surface area (Å²) in [5.41, 5.74) is 4.67. The second-order valence-electron chi connectivity index (χ2n) is 3.57. The highest BCUT2D eigenvalue weighted by molar-refractivity contribution is 5.90. The first kappa shape index (κ1) is 11.3. The van der Waals surface area contributed by atoms with Gasteiger partial charge in [-0.2, -0.15) is 0 Å². The summed E-state index contributed by atoms with van der Waals surface area (Å²) in [6, 6.07) is 11.3. The molecule has 2 rings (SSSR count). The number of nitrogens with zero attached hydrogens (tertiary/aromatic N) is 1. The Morgan fingerprint density at radius 3 is 2.65 bits per heavy atom. The molecule has 88 valence electrons. The summed E-state index contributed by atoms with van der Waals surface area (Å²) in [6.45, 7) is 0.569. The number of carbonyl (C=O) groups excluding carboxylic acids is 1. The van der Waals surface area contributed by atoms with Gasteiger partial charge in [0.15, 0.2) is 0 Å². The van der Waals surface area contributed by atoms with Crippen molar-refractivity contribution in [1.29, 1.82) is 0 Å². The topological polar surface area (TPSA) is 43.3 Å². The third-order valence-corrected chi connectivity index (χ3v) is 2.48. The van der Waals surface area contributed by atoms with Gasteiger partial charge in [0, 0.05) is 12.4 Å². The number of carbonyl (C=O) groups is 1. The molecule has 0 atom stereocenters. The Labute approximate surface area is 99.8 Å². The van der Waals surface area contributed by atoms with E-state index in [9.17, 15) is 4.79 Å². The molecule has 1 N–H and O–H groups in total. The van der Waals surface area contributed by atoms with E-state index >= 15 is 0 Å². The van der Waals surface area contributed by atoms with Crippen molar-refractivity contribution in [1.82, 2.24) is 4.68 Å². The smallest absolute Gasteiger partial charge is 0.338 e. The highest BCUT2D eigenvalue weighted by atomic mass is 16.5. The zero-order valence-corrected chi connectivity index (χ0v) is 9.59. The van der Waals surface area contributed by atoms with Crippen LogP contribution in [-0.2, 0) is 11.3 Å². The van der Waals surface area contributed by atoms with Crippen LogP contribution in [0.4, 0.5) is 0 Å². The molecule has 0 fully saturated rings. The van der Waals surface area contributed by atoms with E-state index < -0.39 is 0 Å². The van der Waals surface area contributed by atoms with Crippen molar-refractivity contribution in [3.63, 3.8) is 0 Å². The normalized spacial score (nSPS) is 9.94. The molecule has 1 heterocycles. The zero-order valence-electron chi connectivity index (χ0n) is 9.59. The van der Waals surface area contributed by atoms with Crippen LogP contribution in [0.1, 0.15) is 15.9 Å². The maximum Gasteiger partial charge on any atom is 0.338 e. The first-order chi connectivity index (χ1) is 8.31. The van der Waals surface area contributed by atoms with Crippen molar-refractivity contribution in [2.45, 2.75) is 6.54 Å². The number of benzene rings is 1. The van der Waals surface area contributed by atoms with Crippen LogP contribution in [0.25, 0.3) is 0 Å². The predicted molar refractivity (Wildman–Crippen MR) is 65.3 cm³/mol. The Hall–Kier alpha value is -2.23. The number of esters is 1. The van der Waals surface area contributed by atoms with Crippen LogP contribution in [0, 0.1) is 0 Å². The maximum absolute atomic E-state index is 11.5. The van der Waals surface area contributed by atoms with E-state index in [-0.39, 0.29) is 5.97 Å². The summed E-state index contributed by atoms with van der Waals surface area (Å²) in [6.07, 6.45) is 3.81. The molecular weight excluding hydrogens is 216 g/mol. The number of hydrogen-bond donors (Lipinski definition) is 1. The molecule has 0 aliphatic heterocycles. The number of aromatic nitrogens is 1. The standard InChI is InChI=1S/C13H14N2O2/c1-17-13(16)12-7-3-2-6-11(12)10-14-15-8-4-5-9-15/h2-9,14H,10H2,1H3. The first-order valence-electron chi connectivity index (χ1n) is 5.34. The van der Waals surface area contributed by atoms with Gasteiger partial charge < -0.3 is 10.2 Å². The monoisotopic (exact) mass is 230 g/mol. The Morgan fingerprint density at radius 2 is 1.94 bits per heavy atom. The quantitative estimate of drug-likeness (QED) is 0.817. The molecular formula is C13H14N2O2. The van der Waals surface area contributed by atoms with Gasteiger partial charge >= 0.3 is 5.97 Å². The van der Waals surface area contributed by atoms with Gasteiger partial charge in [-0.05, 0) is 23.8 Å². The molecule has 0 aliphatic carbocycles. The Balaban J connectivity index is 2.12. The molecule has 0 aliphatic rings. The van der Waals surface area contributed by atoms with E-state index in [4.69, 9.17) is 4.74 Å². The van der Waals surface area contributed by atoms with Crippen LogP contribution >= 0.6 is 0 Å². The highest BCUT2D eigenvalue weighted by Gasteiger charge is 2.10. The summed E-state index contributed by atoms with van der Waals surface area (Å²) in [5, 5.41) is 0. The highest BCUT2D eigenvalue weighted by Crippen LogP contribution is 2.10. The van der Waals surface area contributed by atoms with Crippen molar-refractivity contribution in [3.8, 4) is 0 Å². The summed E-state index contributed by atoms with van der Waals surface area (Å²) >= 11 is 0. The fourth-order valence-electron chi connectivity index (χ4n) is 1.60. The van der Waals surface area contributed by atoms with Crippen LogP contribution in [0.15, 0.2) is 48.8 Å². The van der Waals surface area contributed by atoms with E-state index in [0.29, 0.717) is 12.1 Å². The average molecular weight is 230 g/mol. The van der Waals surface area contributed by atoms with Crippen LogP contribution in [-0.4, -0.2) is 17.8 Å². The number of hydrogen-bond acceptors (Lipinski definition) is 3. The number of methoxy groups -OCH3 is 1. The van der Waals surface area contributed by atoms with Crippen LogP contribution < -0.4 is 5.43 Å². The molecule has 0 radical (unpaired) electrons. The molecule has 0 spiro atoms. The summed E-state index contributed by atoms with van der Waals surface area (Å²) in [4.78, 5) is 11.5. The number of nitrogens with one attached hydrogen (secondary N) is 1. The van der Waals surface area contributed by atoms with E-state index in [1.807, 2.05) is 47.4 Å². The second-order valence-corrected chi connectivity index (χ2v) is 3.57. The Morgan fingerprint density at radius 1 is 1.24 bits per heavy atom. The fraction of sp³-hybridized carbons (Fsp3) is 0.154. The van der Waals surface area contributed by atoms with E-state index in [0.717, 1.165) is 5.56 Å². The molecule has 17 heavy (non-hydrogen) atoms. The van der Waals surface area contributed by atoms with Gasteiger partial charge in [0.05, 0.1) is 19.2 Å². The molecule has 4 nitrogen and oxygen atoms in total. The molecule has 0 bridgehead atoms. The SMILES string of the molecule is COC(=O)c1ccccc1CNn1cccc1. The van der Waals surface area contributed by atoms with Gasteiger partial charge in [-0.25, -0.2) is 4.79 Å². The maximum atomic E-state index is 11.5. The molecule has 0 amide bonds. The van der Waals surface area contributed by atoms with Gasteiger partial charge in [-0.3, -0.25) is 4.68 Å². The molecule has 2 aromatic rings. The minimum atomic E-state index is -0.310. The van der Waals surface area contributed by atoms with Gasteiger partial charge in [0.1, 0.15) is 0 Å². The Kier molecular flexibility index (Phi) is 3.45. The molecule has 1 aromatic heterocycles. The Bertz CT molecular complexity index is 492. The summed E-state index contributed by atoms with van der Waals surface area (Å²) in [7, 11) is 1.39. The van der Waals surface area contributed by atoms with Crippen LogP contribution in [0.3, 0.4) is 0 Å². The minimum Gasteiger partial charge on any atom is -0.465 e. The van der Waals surface area contributed by atoms with Gasteiger partial charge in [-0.15, -0.1) is 0 Å². The molecule has 0 saturated carbocycles. The van der Waals surface area contributed by atoms with E-state index in [1.165, 1.54) is 7.11 Å². The predicted octanol–water partition coefficient (Wildman–Crippen LogP) is 2.02. The van der Waals surface area contributed by atoms with Gasteiger partial charge in [-0.1, -0.05) is 18.2 Å². The van der Waals surface area contributed by atoms with Crippen LogP contribution in [0.2, 0.25) is 0 Å². The fourth-order valence-corrected chi connectivity index (χ4v) is 1.60. The molecule has 0 unspecified atom stereocenters. The van der Waals surface area contributed by atoms with Gasteiger partial charge in [0.2, 0.25) is 0 Å². The number of ether oxygens (including phenoxy) is 1. The summed E-state index contributed by atoms with van der Waals surface area (Å²) in [5.74, 6) is -0.310. The second kappa shape index (κ2) is 5.21. The largest absolute Gasteiger partial charge is 0.465 e. The third-order valence-electron chi connectivity index (χ3n) is 2.48. The van der Waals surface area contributed by atoms with Crippen LogP contribution in [0.5, 0.6) is 0 Å². The lowest BCUT2D eigenvalue weighted by Crippen LogP contribution is -2.15. The molecule has 1 aromatic carbocycles. The summed E-state index contributed by atoms with van der Waals surface area (Å²) < 4.78 is 6.58. The molecule has 0 saturated heterocycles. The number of rotatable bonds is 4. The lowest BCUT2D eigenvalue weighted by atomic mass is 10.1. The van der Waals surface area contributed by atoms with E-state index in [2.05, 4.69) is 5.43 Å². The zero-order chi connectivity index (χ0) is 12.1. The molecule has 4 heteroatoms. The van der Waals surface area contributed by atoms with Crippen molar-refractivity contribution in [2.75, 3.05) is 12.5 Å². The van der Waals surface area contributed by atoms with Crippen molar-refractivity contribution < 1.29 is 9.53 Å². The minimum absolute atomic E-state index is 0.310. The van der Waals surface area contributed by atoms with Gasteiger partial charge in [0.25, 0.3) is 0 Å². The van der Waals surface area contributed by atoms with Crippen molar-refractivity contribution in [2.24, 2.45) is 0 Å². The lowest BCUT2D eigenvalue weighted by Gasteiger charge is -2.10.